The molecule has 0 spiro atoms. The number of nitrogens with one attached hydrogen (secondary N) is 1. The minimum Gasteiger partial charge on any atom is -0.322 e. The van der Waals surface area contributed by atoms with Gasteiger partial charge in [0, 0.05) is 23.2 Å². The van der Waals surface area contributed by atoms with E-state index in [0.717, 1.165) is 22.7 Å². The molecule has 1 amide bonds. The van der Waals surface area contributed by atoms with Gasteiger partial charge in [0.1, 0.15) is 0 Å². The first kappa shape index (κ1) is 20.2. The maximum atomic E-state index is 12.8. The van der Waals surface area contributed by atoms with Crippen molar-refractivity contribution in [1.82, 2.24) is 4.90 Å². The maximum Gasteiger partial charge on any atom is 0.257 e. The summed E-state index contributed by atoms with van der Waals surface area (Å²) in [6, 6.07) is 14.2. The summed E-state index contributed by atoms with van der Waals surface area (Å²) in [6.07, 6.45) is 8.51. The molecule has 5 heteroatoms. The lowest BCUT2D eigenvalue weighted by atomic mass is 9.94. The van der Waals surface area contributed by atoms with Crippen LogP contribution in [-0.2, 0) is 6.54 Å². The Hall–Kier alpha value is -1.49. The van der Waals surface area contributed by atoms with Crippen molar-refractivity contribution in [2.75, 3.05) is 18.6 Å². The third-order valence-corrected chi connectivity index (χ3v) is 6.36. The fraction of sp³-hybridized carbons (Fsp3) is 0.409. The van der Waals surface area contributed by atoms with Crippen molar-refractivity contribution >= 4 is 35.0 Å². The van der Waals surface area contributed by atoms with Crippen molar-refractivity contribution in [3.05, 3.63) is 58.6 Å². The number of thioether (sulfide) groups is 1. The minimum absolute atomic E-state index is 0.163. The zero-order chi connectivity index (χ0) is 19.2. The van der Waals surface area contributed by atoms with Gasteiger partial charge in [-0.25, -0.2) is 0 Å². The molecule has 0 unspecified atom stereocenters. The van der Waals surface area contributed by atoms with Gasteiger partial charge in [-0.2, -0.15) is 0 Å². The summed E-state index contributed by atoms with van der Waals surface area (Å²) in [5.41, 5.74) is 2.51. The lowest BCUT2D eigenvalue weighted by Gasteiger charge is -2.31. The fourth-order valence-electron chi connectivity index (χ4n) is 3.69. The molecule has 0 atom stereocenters. The van der Waals surface area contributed by atoms with Gasteiger partial charge in [-0.15, -0.1) is 11.8 Å². The number of nitrogens with zero attached hydrogens (tertiary/aromatic N) is 1. The third-order valence-electron chi connectivity index (χ3n) is 5.30. The largest absolute Gasteiger partial charge is 0.322 e. The second-order valence-corrected chi connectivity index (χ2v) is 8.45. The Kier molecular flexibility index (Phi) is 7.22. The van der Waals surface area contributed by atoms with Crippen molar-refractivity contribution in [3.8, 4) is 0 Å². The van der Waals surface area contributed by atoms with Gasteiger partial charge in [-0.05, 0) is 56.0 Å². The van der Waals surface area contributed by atoms with Crippen LogP contribution in [0.4, 0.5) is 5.69 Å². The smallest absolute Gasteiger partial charge is 0.257 e. The molecular formula is C22H27ClN2OS. The number of carbonyl (C=O) groups excluding carboxylic acids is 1. The molecular weight excluding hydrogens is 376 g/mol. The summed E-state index contributed by atoms with van der Waals surface area (Å²) in [7, 11) is 2.19. The predicted molar refractivity (Wildman–Crippen MR) is 116 cm³/mol. The van der Waals surface area contributed by atoms with E-state index in [2.05, 4.69) is 23.3 Å². The summed E-state index contributed by atoms with van der Waals surface area (Å²) in [6.45, 7) is 0.833. The number of hydrogen-bond donors (Lipinski definition) is 1. The van der Waals surface area contributed by atoms with Gasteiger partial charge < -0.3 is 5.32 Å². The van der Waals surface area contributed by atoms with Crippen LogP contribution in [0.25, 0.3) is 0 Å². The van der Waals surface area contributed by atoms with Gasteiger partial charge in [0.15, 0.2) is 0 Å². The van der Waals surface area contributed by atoms with Crippen molar-refractivity contribution < 1.29 is 4.79 Å². The minimum atomic E-state index is -0.163. The van der Waals surface area contributed by atoms with E-state index < -0.39 is 0 Å². The van der Waals surface area contributed by atoms with Crippen LogP contribution in [-0.4, -0.2) is 30.2 Å². The second kappa shape index (κ2) is 9.63. The average molecular weight is 403 g/mol. The molecule has 0 heterocycles. The van der Waals surface area contributed by atoms with Crippen LogP contribution in [0.1, 0.15) is 48.0 Å². The Labute approximate surface area is 171 Å². The molecule has 1 fully saturated rings. The first-order valence-electron chi connectivity index (χ1n) is 9.51. The fourth-order valence-corrected chi connectivity index (χ4v) is 4.34. The summed E-state index contributed by atoms with van der Waals surface area (Å²) in [5.74, 6) is -0.163. The SMILES string of the molecule is CSc1ccc(Cl)c(C(=O)Nc2ccccc2CN(C)C2CCCCC2)c1. The van der Waals surface area contributed by atoms with E-state index in [4.69, 9.17) is 11.6 Å². The quantitative estimate of drug-likeness (QED) is 0.594. The first-order valence-corrected chi connectivity index (χ1v) is 11.1. The van der Waals surface area contributed by atoms with Gasteiger partial charge in [0.2, 0.25) is 0 Å². The molecule has 3 nitrogen and oxygen atoms in total. The van der Waals surface area contributed by atoms with E-state index in [-0.39, 0.29) is 5.91 Å². The zero-order valence-corrected chi connectivity index (χ0v) is 17.6. The Morgan fingerprint density at radius 3 is 2.67 bits per heavy atom. The van der Waals surface area contributed by atoms with Crippen LogP contribution >= 0.6 is 23.4 Å². The highest BCUT2D eigenvalue weighted by Crippen LogP contribution is 2.27. The summed E-state index contributed by atoms with van der Waals surface area (Å²) in [5, 5.41) is 3.54. The van der Waals surface area contributed by atoms with Crippen molar-refractivity contribution in [3.63, 3.8) is 0 Å². The molecule has 2 aromatic rings. The highest BCUT2D eigenvalue weighted by atomic mass is 35.5. The van der Waals surface area contributed by atoms with Crippen LogP contribution in [0.3, 0.4) is 0 Å². The number of halogens is 1. The molecule has 3 rings (SSSR count). The second-order valence-electron chi connectivity index (χ2n) is 7.16. The van der Waals surface area contributed by atoms with Crippen LogP contribution in [0.15, 0.2) is 47.4 Å². The van der Waals surface area contributed by atoms with Gasteiger partial charge >= 0.3 is 0 Å². The van der Waals surface area contributed by atoms with Crippen LogP contribution in [0.5, 0.6) is 0 Å². The molecule has 0 aliphatic heterocycles. The number of rotatable bonds is 6. The number of benzene rings is 2. The Morgan fingerprint density at radius 1 is 1.19 bits per heavy atom. The topological polar surface area (TPSA) is 32.3 Å². The normalized spacial score (nSPS) is 15.1. The predicted octanol–water partition coefficient (Wildman–Crippen LogP) is 6.08. The molecule has 2 aromatic carbocycles. The highest BCUT2D eigenvalue weighted by molar-refractivity contribution is 7.98. The van der Waals surface area contributed by atoms with Crippen molar-refractivity contribution in [2.45, 2.75) is 49.6 Å². The molecule has 0 radical (unpaired) electrons. The number of carbonyl (C=O) groups is 1. The zero-order valence-electron chi connectivity index (χ0n) is 16.0. The molecule has 144 valence electrons. The number of para-hydroxylation sites is 1. The Morgan fingerprint density at radius 2 is 1.93 bits per heavy atom. The monoisotopic (exact) mass is 402 g/mol. The van der Waals surface area contributed by atoms with Crippen LogP contribution < -0.4 is 5.32 Å². The van der Waals surface area contributed by atoms with E-state index >= 15 is 0 Å². The summed E-state index contributed by atoms with van der Waals surface area (Å²) < 4.78 is 0. The molecule has 1 aliphatic rings. The van der Waals surface area contributed by atoms with Crippen LogP contribution in [0, 0.1) is 0 Å². The van der Waals surface area contributed by atoms with E-state index in [1.807, 2.05) is 36.6 Å². The molecule has 27 heavy (non-hydrogen) atoms. The number of amides is 1. The van der Waals surface area contributed by atoms with Crippen molar-refractivity contribution in [2.24, 2.45) is 0 Å². The Bertz CT molecular complexity index is 790. The number of anilines is 1. The molecule has 1 N–H and O–H groups in total. The summed E-state index contributed by atoms with van der Waals surface area (Å²) in [4.78, 5) is 16.3. The first-order chi connectivity index (χ1) is 13.1. The third kappa shape index (κ3) is 5.28. The number of hydrogen-bond acceptors (Lipinski definition) is 3. The lowest BCUT2D eigenvalue weighted by molar-refractivity contribution is 0.102. The lowest BCUT2D eigenvalue weighted by Crippen LogP contribution is -2.33. The van der Waals surface area contributed by atoms with Gasteiger partial charge in [-0.3, -0.25) is 9.69 Å². The van der Waals surface area contributed by atoms with Crippen molar-refractivity contribution in [1.29, 1.82) is 0 Å². The van der Waals surface area contributed by atoms with Crippen LogP contribution in [0.2, 0.25) is 5.02 Å². The highest BCUT2D eigenvalue weighted by Gasteiger charge is 2.19. The molecule has 1 aliphatic carbocycles. The average Bonchev–Trinajstić information content (AvgIpc) is 2.70. The molecule has 0 saturated heterocycles. The van der Waals surface area contributed by atoms with E-state index in [1.54, 1.807) is 17.8 Å². The van der Waals surface area contributed by atoms with Gasteiger partial charge in [-0.1, -0.05) is 49.1 Å². The van der Waals surface area contributed by atoms with E-state index in [0.29, 0.717) is 16.6 Å². The summed E-state index contributed by atoms with van der Waals surface area (Å²) >= 11 is 7.86. The van der Waals surface area contributed by atoms with Gasteiger partial charge in [0.25, 0.3) is 5.91 Å². The molecule has 1 saturated carbocycles. The molecule has 0 bridgehead atoms. The van der Waals surface area contributed by atoms with E-state index in [9.17, 15) is 4.79 Å². The van der Waals surface area contributed by atoms with E-state index in [1.165, 1.54) is 32.1 Å². The van der Waals surface area contributed by atoms with Gasteiger partial charge in [0.05, 0.1) is 10.6 Å². The Balaban J connectivity index is 1.74. The maximum absolute atomic E-state index is 12.8. The standard InChI is InChI=1S/C22H27ClN2OS/c1-25(17-9-4-3-5-10-17)15-16-8-6-7-11-21(16)24-22(26)19-14-18(27-2)12-13-20(19)23/h6-8,11-14,17H,3-5,9-10,15H2,1-2H3,(H,24,26). The molecule has 0 aromatic heterocycles.